The van der Waals surface area contributed by atoms with Crippen LogP contribution in [0.5, 0.6) is 0 Å². The molecule has 0 aliphatic heterocycles. The first kappa shape index (κ1) is 14.4. The van der Waals surface area contributed by atoms with Gasteiger partial charge < -0.3 is 10.0 Å². The van der Waals surface area contributed by atoms with E-state index in [4.69, 9.17) is 5.11 Å². The largest absolute Gasteiger partial charge is 0.481 e. The van der Waals surface area contributed by atoms with Gasteiger partial charge in [-0.15, -0.1) is 0 Å². The Morgan fingerprint density at radius 1 is 0.947 bits per heavy atom. The molecule has 108 valence electrons. The normalized spacial score (nSPS) is 21.5. The van der Waals surface area contributed by atoms with Crippen molar-refractivity contribution in [3.8, 4) is 0 Å². The van der Waals surface area contributed by atoms with Crippen molar-refractivity contribution >= 4 is 11.9 Å². The number of carbonyl (C=O) groups is 2. The minimum atomic E-state index is -0.806. The summed E-state index contributed by atoms with van der Waals surface area (Å²) in [4.78, 5) is 25.0. The second kappa shape index (κ2) is 6.92. The number of rotatable bonds is 5. The zero-order valence-corrected chi connectivity index (χ0v) is 11.6. The predicted molar refractivity (Wildman–Crippen MR) is 72.8 cm³/mol. The summed E-state index contributed by atoms with van der Waals surface area (Å²) in [6.45, 7) is 0.398. The number of aliphatic carboxylic acids is 1. The standard InChI is InChI=1S/C15H25NO3/c17-14(18)10-11-16(15(19)12-8-9-12)13-6-4-2-1-3-5-7-13/h12-13H,1-11H2,(H,17,18). The number of hydrogen-bond donors (Lipinski definition) is 1. The molecule has 1 amide bonds. The Labute approximate surface area is 115 Å². The molecule has 0 atom stereocenters. The van der Waals surface area contributed by atoms with E-state index in [0.29, 0.717) is 6.54 Å². The molecule has 2 fully saturated rings. The highest BCUT2D eigenvalue weighted by atomic mass is 16.4. The summed E-state index contributed by atoms with van der Waals surface area (Å²) in [5.74, 6) is -0.398. The van der Waals surface area contributed by atoms with E-state index in [9.17, 15) is 9.59 Å². The highest BCUT2D eigenvalue weighted by Crippen LogP contribution is 2.33. The maximum absolute atomic E-state index is 12.3. The molecule has 2 aliphatic carbocycles. The van der Waals surface area contributed by atoms with E-state index in [-0.39, 0.29) is 24.3 Å². The molecule has 0 aromatic rings. The Kier molecular flexibility index (Phi) is 5.23. The van der Waals surface area contributed by atoms with Crippen LogP contribution in [0.15, 0.2) is 0 Å². The SMILES string of the molecule is O=C(O)CCN(C(=O)C1CC1)C1CCCCCCC1. The molecule has 2 rings (SSSR count). The zero-order chi connectivity index (χ0) is 13.7. The predicted octanol–water partition coefficient (Wildman–Crippen LogP) is 2.81. The summed E-state index contributed by atoms with van der Waals surface area (Å²) in [6, 6.07) is 0.285. The number of amides is 1. The van der Waals surface area contributed by atoms with Crippen LogP contribution in [0.25, 0.3) is 0 Å². The summed E-state index contributed by atoms with van der Waals surface area (Å²) in [5.41, 5.74) is 0. The smallest absolute Gasteiger partial charge is 0.305 e. The van der Waals surface area contributed by atoms with E-state index in [0.717, 1.165) is 25.7 Å². The molecule has 0 unspecified atom stereocenters. The Hall–Kier alpha value is -1.06. The van der Waals surface area contributed by atoms with Crippen LogP contribution in [-0.2, 0) is 9.59 Å². The fourth-order valence-corrected chi connectivity index (χ4v) is 3.00. The van der Waals surface area contributed by atoms with Crippen LogP contribution < -0.4 is 0 Å². The number of carboxylic acid groups (broad SMARTS) is 1. The van der Waals surface area contributed by atoms with Crippen molar-refractivity contribution in [2.24, 2.45) is 5.92 Å². The summed E-state index contributed by atoms with van der Waals surface area (Å²) in [6.07, 6.45) is 10.3. The fourth-order valence-electron chi connectivity index (χ4n) is 3.00. The van der Waals surface area contributed by atoms with Gasteiger partial charge in [-0.05, 0) is 25.7 Å². The van der Waals surface area contributed by atoms with Crippen LogP contribution in [0.2, 0.25) is 0 Å². The molecule has 0 spiro atoms. The van der Waals surface area contributed by atoms with Crippen LogP contribution in [0.1, 0.15) is 64.2 Å². The second-order valence-electron chi connectivity index (χ2n) is 5.95. The Bertz CT molecular complexity index is 317. The van der Waals surface area contributed by atoms with E-state index in [1.54, 1.807) is 0 Å². The van der Waals surface area contributed by atoms with E-state index >= 15 is 0 Å². The van der Waals surface area contributed by atoms with Crippen molar-refractivity contribution in [2.45, 2.75) is 70.3 Å². The summed E-state index contributed by atoms with van der Waals surface area (Å²) in [7, 11) is 0. The van der Waals surface area contributed by atoms with E-state index in [1.807, 2.05) is 4.90 Å². The molecule has 0 bridgehead atoms. The minimum Gasteiger partial charge on any atom is -0.481 e. The van der Waals surface area contributed by atoms with Gasteiger partial charge in [-0.25, -0.2) is 0 Å². The van der Waals surface area contributed by atoms with E-state index in [1.165, 1.54) is 32.1 Å². The van der Waals surface area contributed by atoms with Crippen molar-refractivity contribution < 1.29 is 14.7 Å². The Morgan fingerprint density at radius 3 is 2.05 bits per heavy atom. The number of carboxylic acids is 1. The summed E-state index contributed by atoms with van der Waals surface area (Å²) >= 11 is 0. The van der Waals surface area contributed by atoms with Crippen molar-refractivity contribution in [1.29, 1.82) is 0 Å². The Balaban J connectivity index is 1.96. The van der Waals surface area contributed by atoms with E-state index in [2.05, 4.69) is 0 Å². The molecule has 4 heteroatoms. The highest BCUT2D eigenvalue weighted by molar-refractivity contribution is 5.81. The first-order valence-electron chi connectivity index (χ1n) is 7.71. The monoisotopic (exact) mass is 267 g/mol. The van der Waals surface area contributed by atoms with Gasteiger partial charge in [-0.2, -0.15) is 0 Å². The second-order valence-corrected chi connectivity index (χ2v) is 5.95. The zero-order valence-electron chi connectivity index (χ0n) is 11.6. The first-order chi connectivity index (χ1) is 9.18. The fraction of sp³-hybridized carbons (Fsp3) is 0.867. The van der Waals surface area contributed by atoms with Crippen molar-refractivity contribution in [3.63, 3.8) is 0 Å². The van der Waals surface area contributed by atoms with Crippen LogP contribution in [0.4, 0.5) is 0 Å². The average Bonchev–Trinajstić information content (AvgIpc) is 3.14. The van der Waals surface area contributed by atoms with Gasteiger partial charge in [0.1, 0.15) is 0 Å². The van der Waals surface area contributed by atoms with Crippen LogP contribution in [0.3, 0.4) is 0 Å². The van der Waals surface area contributed by atoms with Gasteiger partial charge in [0.25, 0.3) is 0 Å². The third-order valence-corrected chi connectivity index (χ3v) is 4.29. The summed E-state index contributed by atoms with van der Waals surface area (Å²) in [5, 5.41) is 8.86. The molecular weight excluding hydrogens is 242 g/mol. The van der Waals surface area contributed by atoms with Crippen LogP contribution in [-0.4, -0.2) is 34.5 Å². The van der Waals surface area contributed by atoms with E-state index < -0.39 is 5.97 Å². The Morgan fingerprint density at radius 2 is 1.53 bits per heavy atom. The van der Waals surface area contributed by atoms with Gasteiger partial charge >= 0.3 is 5.97 Å². The third-order valence-electron chi connectivity index (χ3n) is 4.29. The lowest BCUT2D eigenvalue weighted by molar-refractivity contribution is -0.140. The molecular formula is C15H25NO3. The van der Waals surface area contributed by atoms with Crippen LogP contribution in [0, 0.1) is 5.92 Å². The lowest BCUT2D eigenvalue weighted by atomic mass is 9.95. The number of carbonyl (C=O) groups excluding carboxylic acids is 1. The molecule has 19 heavy (non-hydrogen) atoms. The molecule has 4 nitrogen and oxygen atoms in total. The number of nitrogens with zero attached hydrogens (tertiary/aromatic N) is 1. The maximum atomic E-state index is 12.3. The minimum absolute atomic E-state index is 0.0783. The highest BCUT2D eigenvalue weighted by Gasteiger charge is 2.36. The van der Waals surface area contributed by atoms with Crippen molar-refractivity contribution in [2.75, 3.05) is 6.54 Å². The molecule has 0 radical (unpaired) electrons. The van der Waals surface area contributed by atoms with Crippen LogP contribution >= 0.6 is 0 Å². The van der Waals surface area contributed by atoms with Crippen molar-refractivity contribution in [1.82, 2.24) is 4.90 Å². The molecule has 0 aromatic carbocycles. The van der Waals surface area contributed by atoms with Gasteiger partial charge in [0, 0.05) is 18.5 Å². The average molecular weight is 267 g/mol. The first-order valence-corrected chi connectivity index (χ1v) is 7.71. The molecule has 0 aromatic heterocycles. The van der Waals surface area contributed by atoms with Crippen molar-refractivity contribution in [3.05, 3.63) is 0 Å². The summed E-state index contributed by atoms with van der Waals surface area (Å²) < 4.78 is 0. The molecule has 0 heterocycles. The molecule has 2 aliphatic rings. The lowest BCUT2D eigenvalue weighted by Crippen LogP contribution is -2.42. The lowest BCUT2D eigenvalue weighted by Gasteiger charge is -2.33. The third kappa shape index (κ3) is 4.51. The quantitative estimate of drug-likeness (QED) is 0.833. The van der Waals surface area contributed by atoms with Gasteiger partial charge in [0.15, 0.2) is 0 Å². The topological polar surface area (TPSA) is 57.6 Å². The van der Waals surface area contributed by atoms with Gasteiger partial charge in [-0.1, -0.05) is 32.1 Å². The molecule has 2 saturated carbocycles. The van der Waals surface area contributed by atoms with Gasteiger partial charge in [0.2, 0.25) is 5.91 Å². The molecule has 0 saturated heterocycles. The van der Waals surface area contributed by atoms with Gasteiger partial charge in [-0.3, -0.25) is 9.59 Å². The number of hydrogen-bond acceptors (Lipinski definition) is 2. The van der Waals surface area contributed by atoms with Gasteiger partial charge in [0.05, 0.1) is 6.42 Å². The molecule has 1 N–H and O–H groups in total. The maximum Gasteiger partial charge on any atom is 0.305 e.